The lowest BCUT2D eigenvalue weighted by Crippen LogP contribution is -2.46. The fourth-order valence-corrected chi connectivity index (χ4v) is 2.51. The number of methoxy groups -OCH3 is 1. The Hall–Kier alpha value is -1.86. The summed E-state index contributed by atoms with van der Waals surface area (Å²) in [5, 5.41) is 17.2. The number of hydrogen-bond acceptors (Lipinski definition) is 5. The third-order valence-electron chi connectivity index (χ3n) is 3.60. The second-order valence-corrected chi connectivity index (χ2v) is 5.19. The quantitative estimate of drug-likeness (QED) is 0.650. The van der Waals surface area contributed by atoms with E-state index >= 15 is 0 Å². The van der Waals surface area contributed by atoms with E-state index in [2.05, 4.69) is 17.6 Å². The summed E-state index contributed by atoms with van der Waals surface area (Å²) in [6.07, 6.45) is 1.71. The molecule has 0 saturated carbocycles. The minimum atomic E-state index is -0.553. The third kappa shape index (κ3) is 4.32. The molecule has 22 heavy (non-hydrogen) atoms. The van der Waals surface area contributed by atoms with Crippen molar-refractivity contribution in [2.45, 2.75) is 31.8 Å². The van der Waals surface area contributed by atoms with Crippen LogP contribution in [0, 0.1) is 10.1 Å². The Morgan fingerprint density at radius 3 is 2.82 bits per heavy atom. The molecule has 2 unspecified atom stereocenters. The Kier molecular flexibility index (Phi) is 6.58. The first kappa shape index (κ1) is 18.2. The molecule has 1 aliphatic heterocycles. The molecule has 1 amide bonds. The average molecular weight is 330 g/mol. The number of piperidine rings is 1. The zero-order valence-corrected chi connectivity index (χ0v) is 13.3. The number of nitrogens with zero attached hydrogens (tertiary/aromatic N) is 1. The van der Waals surface area contributed by atoms with Crippen molar-refractivity contribution in [3.05, 3.63) is 33.9 Å². The van der Waals surface area contributed by atoms with Crippen LogP contribution in [0.1, 0.15) is 30.1 Å². The molecule has 1 saturated heterocycles. The molecular weight excluding hydrogens is 310 g/mol. The van der Waals surface area contributed by atoms with Gasteiger partial charge in [-0.15, -0.1) is 12.4 Å². The number of halogens is 1. The van der Waals surface area contributed by atoms with E-state index < -0.39 is 4.92 Å². The van der Waals surface area contributed by atoms with Crippen molar-refractivity contribution >= 4 is 24.0 Å². The Balaban J connectivity index is 0.00000242. The van der Waals surface area contributed by atoms with Gasteiger partial charge in [-0.05, 0) is 38.4 Å². The van der Waals surface area contributed by atoms with E-state index in [1.807, 2.05) is 0 Å². The summed E-state index contributed by atoms with van der Waals surface area (Å²) in [6.45, 7) is 2.92. The summed E-state index contributed by atoms with van der Waals surface area (Å²) in [7, 11) is 1.36. The minimum Gasteiger partial charge on any atom is -0.490 e. The van der Waals surface area contributed by atoms with E-state index in [0.717, 1.165) is 19.4 Å². The molecular formula is C14H20ClN3O4. The van der Waals surface area contributed by atoms with Gasteiger partial charge in [-0.1, -0.05) is 0 Å². The molecule has 122 valence electrons. The number of carbonyl (C=O) groups is 1. The monoisotopic (exact) mass is 329 g/mol. The second kappa shape index (κ2) is 7.95. The molecule has 2 atom stereocenters. The molecule has 1 aromatic carbocycles. The normalized spacial score (nSPS) is 20.6. The number of rotatable bonds is 4. The van der Waals surface area contributed by atoms with Gasteiger partial charge in [-0.25, -0.2) is 0 Å². The molecule has 1 aliphatic rings. The van der Waals surface area contributed by atoms with Crippen LogP contribution in [0.15, 0.2) is 18.2 Å². The lowest BCUT2D eigenvalue weighted by molar-refractivity contribution is -0.385. The predicted octanol–water partition coefficient (Wildman–Crippen LogP) is 1.90. The number of nitrogens with one attached hydrogen (secondary N) is 2. The van der Waals surface area contributed by atoms with Gasteiger partial charge in [0, 0.05) is 23.7 Å². The van der Waals surface area contributed by atoms with Crippen molar-refractivity contribution in [1.82, 2.24) is 10.6 Å². The van der Waals surface area contributed by atoms with Gasteiger partial charge < -0.3 is 15.4 Å². The summed E-state index contributed by atoms with van der Waals surface area (Å²) < 4.78 is 4.92. The standard InChI is InChI=1S/C14H19N3O4.ClH/c1-9-7-11(5-6-15-9)16-14(18)10-3-4-13(21-2)12(8-10)17(19)20;/h3-4,8-9,11,15H,5-7H2,1-2H3,(H,16,18);1H. The molecule has 8 heteroatoms. The largest absolute Gasteiger partial charge is 0.490 e. The first-order valence-corrected chi connectivity index (χ1v) is 6.88. The molecule has 0 aliphatic carbocycles. The van der Waals surface area contributed by atoms with Crippen LogP contribution in [0.3, 0.4) is 0 Å². The molecule has 0 spiro atoms. The van der Waals surface area contributed by atoms with E-state index in [1.165, 1.54) is 25.3 Å². The summed E-state index contributed by atoms with van der Waals surface area (Å²) in [5.41, 5.74) is 0.0671. The lowest BCUT2D eigenvalue weighted by atomic mass is 10.00. The Bertz CT molecular complexity index is 553. The molecule has 1 aromatic rings. The molecule has 0 aromatic heterocycles. The Morgan fingerprint density at radius 2 is 2.23 bits per heavy atom. The van der Waals surface area contributed by atoms with Gasteiger partial charge in [0.05, 0.1) is 12.0 Å². The van der Waals surface area contributed by atoms with Gasteiger partial charge in [-0.2, -0.15) is 0 Å². The van der Waals surface area contributed by atoms with E-state index in [4.69, 9.17) is 4.74 Å². The maximum absolute atomic E-state index is 12.2. The van der Waals surface area contributed by atoms with E-state index in [9.17, 15) is 14.9 Å². The topological polar surface area (TPSA) is 93.5 Å². The van der Waals surface area contributed by atoms with Gasteiger partial charge in [0.1, 0.15) is 0 Å². The summed E-state index contributed by atoms with van der Waals surface area (Å²) in [5.74, 6) is -0.146. The van der Waals surface area contributed by atoms with Gasteiger partial charge in [0.25, 0.3) is 5.91 Å². The lowest BCUT2D eigenvalue weighted by Gasteiger charge is -2.28. The van der Waals surface area contributed by atoms with Crippen LogP contribution < -0.4 is 15.4 Å². The maximum atomic E-state index is 12.2. The van der Waals surface area contributed by atoms with Crippen molar-refractivity contribution in [2.24, 2.45) is 0 Å². The van der Waals surface area contributed by atoms with Gasteiger partial charge in [0.15, 0.2) is 5.75 Å². The first-order valence-electron chi connectivity index (χ1n) is 6.88. The van der Waals surface area contributed by atoms with Crippen molar-refractivity contribution in [3.63, 3.8) is 0 Å². The molecule has 7 nitrogen and oxygen atoms in total. The van der Waals surface area contributed by atoms with Crippen LogP contribution in [0.4, 0.5) is 5.69 Å². The van der Waals surface area contributed by atoms with Crippen LogP contribution in [-0.4, -0.2) is 36.6 Å². The number of nitro groups is 1. The second-order valence-electron chi connectivity index (χ2n) is 5.19. The number of amides is 1. The number of benzene rings is 1. The highest BCUT2D eigenvalue weighted by Gasteiger charge is 2.22. The SMILES string of the molecule is COc1ccc(C(=O)NC2CCNC(C)C2)cc1[N+](=O)[O-].Cl. The molecule has 0 radical (unpaired) electrons. The highest BCUT2D eigenvalue weighted by atomic mass is 35.5. The zero-order valence-electron chi connectivity index (χ0n) is 12.5. The minimum absolute atomic E-state index is 0. The number of carbonyl (C=O) groups excluding carboxylic acids is 1. The number of hydrogen-bond donors (Lipinski definition) is 2. The Labute approximate surface area is 135 Å². The van der Waals surface area contributed by atoms with Crippen molar-refractivity contribution in [2.75, 3.05) is 13.7 Å². The van der Waals surface area contributed by atoms with Crippen LogP contribution >= 0.6 is 12.4 Å². The first-order chi connectivity index (χ1) is 10.0. The molecule has 2 rings (SSSR count). The Morgan fingerprint density at radius 1 is 1.50 bits per heavy atom. The van der Waals surface area contributed by atoms with E-state index in [-0.39, 0.29) is 41.4 Å². The number of nitro benzene ring substituents is 1. The van der Waals surface area contributed by atoms with Crippen LogP contribution in [0.5, 0.6) is 5.75 Å². The van der Waals surface area contributed by atoms with Crippen LogP contribution in [0.25, 0.3) is 0 Å². The van der Waals surface area contributed by atoms with Crippen molar-refractivity contribution < 1.29 is 14.5 Å². The fraction of sp³-hybridized carbons (Fsp3) is 0.500. The van der Waals surface area contributed by atoms with Crippen molar-refractivity contribution in [3.8, 4) is 5.75 Å². The third-order valence-corrected chi connectivity index (χ3v) is 3.60. The van der Waals surface area contributed by atoms with E-state index in [0.29, 0.717) is 6.04 Å². The van der Waals surface area contributed by atoms with Crippen molar-refractivity contribution in [1.29, 1.82) is 0 Å². The number of ether oxygens (including phenoxy) is 1. The average Bonchev–Trinajstić information content (AvgIpc) is 2.46. The van der Waals surface area contributed by atoms with Crippen LogP contribution in [0.2, 0.25) is 0 Å². The highest BCUT2D eigenvalue weighted by molar-refractivity contribution is 5.95. The fourth-order valence-electron chi connectivity index (χ4n) is 2.51. The maximum Gasteiger partial charge on any atom is 0.311 e. The molecule has 2 N–H and O–H groups in total. The van der Waals surface area contributed by atoms with Gasteiger partial charge in [0.2, 0.25) is 0 Å². The molecule has 1 fully saturated rings. The molecule has 1 heterocycles. The summed E-state index contributed by atoms with van der Waals surface area (Å²) in [6, 6.07) is 4.67. The smallest absolute Gasteiger partial charge is 0.311 e. The highest BCUT2D eigenvalue weighted by Crippen LogP contribution is 2.27. The predicted molar refractivity (Wildman–Crippen MR) is 84.8 cm³/mol. The zero-order chi connectivity index (χ0) is 15.4. The van der Waals surface area contributed by atoms with Gasteiger partial charge >= 0.3 is 5.69 Å². The van der Waals surface area contributed by atoms with Gasteiger partial charge in [-0.3, -0.25) is 14.9 Å². The molecule has 0 bridgehead atoms. The summed E-state index contributed by atoms with van der Waals surface area (Å²) in [4.78, 5) is 22.6. The summed E-state index contributed by atoms with van der Waals surface area (Å²) >= 11 is 0. The van der Waals surface area contributed by atoms with Crippen LogP contribution in [-0.2, 0) is 0 Å². The van der Waals surface area contributed by atoms with E-state index in [1.54, 1.807) is 0 Å².